The van der Waals surface area contributed by atoms with Crippen LogP contribution in [-0.2, 0) is 11.2 Å². The van der Waals surface area contributed by atoms with Gasteiger partial charge in [-0.2, -0.15) is 0 Å². The summed E-state index contributed by atoms with van der Waals surface area (Å²) in [4.78, 5) is 19.8. The Morgan fingerprint density at radius 2 is 2.14 bits per heavy atom. The van der Waals surface area contributed by atoms with E-state index in [2.05, 4.69) is 21.4 Å². The van der Waals surface area contributed by atoms with Crippen LogP contribution >= 0.6 is 0 Å². The number of fused-ring (bicyclic) bond motifs is 1. The van der Waals surface area contributed by atoms with Crippen molar-refractivity contribution in [2.75, 3.05) is 6.54 Å². The normalized spacial score (nSPS) is 16.2. The summed E-state index contributed by atoms with van der Waals surface area (Å²) in [7, 11) is 0. The Morgan fingerprint density at radius 1 is 1.36 bits per heavy atom. The van der Waals surface area contributed by atoms with E-state index in [1.165, 1.54) is 6.33 Å². The number of aromatic nitrogens is 2. The van der Waals surface area contributed by atoms with E-state index in [-0.39, 0.29) is 17.9 Å². The van der Waals surface area contributed by atoms with Crippen molar-refractivity contribution in [3.63, 3.8) is 0 Å². The largest absolute Gasteiger partial charge is 0.487 e. The molecule has 0 radical (unpaired) electrons. The van der Waals surface area contributed by atoms with Gasteiger partial charge in [0.25, 0.3) is 0 Å². The smallest absolute Gasteiger partial charge is 0.222 e. The van der Waals surface area contributed by atoms with Gasteiger partial charge >= 0.3 is 0 Å². The number of carbonyl (C=O) groups is 1. The highest BCUT2D eigenvalue weighted by Crippen LogP contribution is 2.38. The number of carbonyl (C=O) groups excluding carboxylic acids is 1. The molecule has 0 aliphatic carbocycles. The Kier molecular flexibility index (Phi) is 4.04. The van der Waals surface area contributed by atoms with Gasteiger partial charge < -0.3 is 10.1 Å². The molecule has 1 aromatic carbocycles. The highest BCUT2D eigenvalue weighted by molar-refractivity contribution is 5.78. The lowest BCUT2D eigenvalue weighted by Gasteiger charge is -2.14. The SMILES string of the molecule is CC(C)C(=O)NC[C@H]1Cc2cccc(-c3cncnc3)c2O1. The summed E-state index contributed by atoms with van der Waals surface area (Å²) >= 11 is 0. The third-order valence-electron chi connectivity index (χ3n) is 3.73. The fraction of sp³-hybridized carbons (Fsp3) is 0.353. The van der Waals surface area contributed by atoms with E-state index in [0.29, 0.717) is 6.54 Å². The van der Waals surface area contributed by atoms with Crippen molar-refractivity contribution in [1.29, 1.82) is 0 Å². The number of nitrogens with one attached hydrogen (secondary N) is 1. The number of hydrogen-bond donors (Lipinski definition) is 1. The van der Waals surface area contributed by atoms with Crippen molar-refractivity contribution < 1.29 is 9.53 Å². The first-order valence-corrected chi connectivity index (χ1v) is 7.47. The third kappa shape index (κ3) is 2.93. The first kappa shape index (κ1) is 14.5. The topological polar surface area (TPSA) is 64.1 Å². The second-order valence-corrected chi connectivity index (χ2v) is 5.76. The minimum Gasteiger partial charge on any atom is -0.487 e. The van der Waals surface area contributed by atoms with E-state index in [1.54, 1.807) is 12.4 Å². The lowest BCUT2D eigenvalue weighted by molar-refractivity contribution is -0.124. The number of hydrogen-bond acceptors (Lipinski definition) is 4. The molecule has 3 rings (SSSR count). The molecule has 2 aromatic rings. The van der Waals surface area contributed by atoms with Crippen LogP contribution in [0.5, 0.6) is 5.75 Å². The van der Waals surface area contributed by atoms with E-state index in [4.69, 9.17) is 4.74 Å². The molecule has 2 heterocycles. The molecule has 0 saturated heterocycles. The highest BCUT2D eigenvalue weighted by Gasteiger charge is 2.26. The van der Waals surface area contributed by atoms with Crippen LogP contribution in [-0.4, -0.2) is 28.5 Å². The van der Waals surface area contributed by atoms with Crippen LogP contribution in [0.3, 0.4) is 0 Å². The summed E-state index contributed by atoms with van der Waals surface area (Å²) in [5.74, 6) is 0.915. The second-order valence-electron chi connectivity index (χ2n) is 5.76. The number of amides is 1. The standard InChI is InChI=1S/C17H19N3O2/c1-11(2)17(21)20-9-14-6-12-4-3-5-15(16(12)22-14)13-7-18-10-19-8-13/h3-5,7-8,10-11,14H,6,9H2,1-2H3,(H,20,21)/t14-/m1/s1. The molecule has 0 spiro atoms. The molecule has 1 atom stereocenters. The van der Waals surface area contributed by atoms with E-state index in [0.717, 1.165) is 28.9 Å². The molecule has 1 N–H and O–H groups in total. The molecule has 0 saturated carbocycles. The Hall–Kier alpha value is -2.43. The van der Waals surface area contributed by atoms with Gasteiger partial charge in [0.2, 0.25) is 5.91 Å². The van der Waals surface area contributed by atoms with E-state index >= 15 is 0 Å². The molecule has 22 heavy (non-hydrogen) atoms. The second kappa shape index (κ2) is 6.13. The van der Waals surface area contributed by atoms with Crippen LogP contribution in [0.2, 0.25) is 0 Å². The summed E-state index contributed by atoms with van der Waals surface area (Å²) < 4.78 is 6.05. The predicted octanol–water partition coefficient (Wildman–Crippen LogP) is 2.22. The minimum absolute atomic E-state index is 0.0131. The van der Waals surface area contributed by atoms with Crippen molar-refractivity contribution in [1.82, 2.24) is 15.3 Å². The van der Waals surface area contributed by atoms with Crippen LogP contribution in [0, 0.1) is 5.92 Å². The van der Waals surface area contributed by atoms with Crippen LogP contribution in [0.1, 0.15) is 19.4 Å². The summed E-state index contributed by atoms with van der Waals surface area (Å²) in [6, 6.07) is 6.08. The number of ether oxygens (including phenoxy) is 1. The van der Waals surface area contributed by atoms with Gasteiger partial charge in [-0.15, -0.1) is 0 Å². The van der Waals surface area contributed by atoms with Crippen molar-refractivity contribution in [3.05, 3.63) is 42.5 Å². The summed E-state index contributed by atoms with van der Waals surface area (Å²) in [5, 5.41) is 2.93. The number of para-hydroxylation sites is 1. The van der Waals surface area contributed by atoms with E-state index in [1.807, 2.05) is 26.0 Å². The molecule has 0 unspecified atom stereocenters. The monoisotopic (exact) mass is 297 g/mol. The zero-order chi connectivity index (χ0) is 15.5. The summed E-state index contributed by atoms with van der Waals surface area (Å²) in [6.45, 7) is 4.29. The first-order valence-electron chi connectivity index (χ1n) is 7.47. The Bertz CT molecular complexity index is 671. The quantitative estimate of drug-likeness (QED) is 0.940. The van der Waals surface area contributed by atoms with Crippen LogP contribution < -0.4 is 10.1 Å². The fourth-order valence-electron chi connectivity index (χ4n) is 2.54. The van der Waals surface area contributed by atoms with Gasteiger partial charge in [-0.3, -0.25) is 4.79 Å². The van der Waals surface area contributed by atoms with E-state index in [9.17, 15) is 4.79 Å². The molecule has 1 aromatic heterocycles. The Morgan fingerprint density at radius 3 is 2.86 bits per heavy atom. The molecule has 1 amide bonds. The van der Waals surface area contributed by atoms with E-state index < -0.39 is 0 Å². The average Bonchev–Trinajstić information content (AvgIpc) is 2.96. The van der Waals surface area contributed by atoms with Crippen molar-refractivity contribution in [2.24, 2.45) is 5.92 Å². The van der Waals surface area contributed by atoms with Gasteiger partial charge in [0, 0.05) is 35.9 Å². The van der Waals surface area contributed by atoms with Crippen molar-refractivity contribution in [2.45, 2.75) is 26.4 Å². The Balaban J connectivity index is 1.75. The van der Waals surface area contributed by atoms with Crippen molar-refractivity contribution in [3.8, 4) is 16.9 Å². The molecule has 5 nitrogen and oxygen atoms in total. The highest BCUT2D eigenvalue weighted by atomic mass is 16.5. The maximum Gasteiger partial charge on any atom is 0.222 e. The predicted molar refractivity (Wildman–Crippen MR) is 83.4 cm³/mol. The molecule has 5 heteroatoms. The number of benzene rings is 1. The van der Waals surface area contributed by atoms with Crippen LogP contribution in [0.15, 0.2) is 36.9 Å². The van der Waals surface area contributed by atoms with Gasteiger partial charge in [0.1, 0.15) is 18.2 Å². The number of rotatable bonds is 4. The zero-order valence-corrected chi connectivity index (χ0v) is 12.7. The van der Waals surface area contributed by atoms with Crippen LogP contribution in [0.25, 0.3) is 11.1 Å². The first-order chi connectivity index (χ1) is 10.6. The fourth-order valence-corrected chi connectivity index (χ4v) is 2.54. The Labute approximate surface area is 129 Å². The van der Waals surface area contributed by atoms with Crippen LogP contribution in [0.4, 0.5) is 0 Å². The maximum atomic E-state index is 11.7. The lowest BCUT2D eigenvalue weighted by atomic mass is 10.0. The zero-order valence-electron chi connectivity index (χ0n) is 12.7. The molecular formula is C17H19N3O2. The molecule has 114 valence electrons. The summed E-state index contributed by atoms with van der Waals surface area (Å²) in [6.07, 6.45) is 5.84. The third-order valence-corrected chi connectivity index (χ3v) is 3.73. The van der Waals surface area contributed by atoms with Crippen molar-refractivity contribution >= 4 is 5.91 Å². The minimum atomic E-state index is -0.0246. The summed E-state index contributed by atoms with van der Waals surface area (Å²) in [5.41, 5.74) is 3.09. The average molecular weight is 297 g/mol. The molecule has 0 fully saturated rings. The molecule has 1 aliphatic heterocycles. The number of nitrogens with zero attached hydrogens (tertiary/aromatic N) is 2. The molecule has 1 aliphatic rings. The van der Waals surface area contributed by atoms with Gasteiger partial charge in [-0.1, -0.05) is 32.0 Å². The van der Waals surface area contributed by atoms with Gasteiger partial charge in [0.05, 0.1) is 6.54 Å². The molecular weight excluding hydrogens is 278 g/mol. The lowest BCUT2D eigenvalue weighted by Crippen LogP contribution is -2.36. The van der Waals surface area contributed by atoms with Gasteiger partial charge in [-0.05, 0) is 5.56 Å². The molecule has 0 bridgehead atoms. The van der Waals surface area contributed by atoms with Gasteiger partial charge in [-0.25, -0.2) is 9.97 Å². The maximum absolute atomic E-state index is 11.7. The van der Waals surface area contributed by atoms with Gasteiger partial charge in [0.15, 0.2) is 0 Å².